The molecule has 2 saturated heterocycles. The number of carbonyl (C=O) groups excluding carboxylic acids is 3. The number of hydrogen-bond acceptors (Lipinski definition) is 4. The van der Waals surface area contributed by atoms with Crippen LogP contribution in [0.5, 0.6) is 0 Å². The number of nitrogens with one attached hydrogen (secondary N) is 3. The van der Waals surface area contributed by atoms with Crippen LogP contribution in [0.4, 0.5) is 4.79 Å². The SMILES string of the molecule is NC(=O)C(CCC[C@@H]1SC[C@@H]2NC(=O)N[C@@H]21)c1ccc2[nH]cc(C=O)c2c1. The molecule has 2 aromatic rings. The maximum Gasteiger partial charge on any atom is 0.315 e. The minimum atomic E-state index is -0.387. The van der Waals surface area contributed by atoms with E-state index in [0.29, 0.717) is 17.2 Å². The third-order valence-electron chi connectivity index (χ3n) is 5.53. The zero-order chi connectivity index (χ0) is 19.0. The highest BCUT2D eigenvalue weighted by molar-refractivity contribution is 8.00. The number of primary amides is 1. The van der Waals surface area contributed by atoms with Crippen LogP contribution in [0.2, 0.25) is 0 Å². The van der Waals surface area contributed by atoms with Gasteiger partial charge in [0.2, 0.25) is 5.91 Å². The minimum absolute atomic E-state index is 0.0869. The number of aldehydes is 1. The van der Waals surface area contributed by atoms with Crippen molar-refractivity contribution in [3.8, 4) is 0 Å². The van der Waals surface area contributed by atoms with E-state index in [1.165, 1.54) is 0 Å². The van der Waals surface area contributed by atoms with Gasteiger partial charge in [-0.15, -0.1) is 0 Å². The van der Waals surface area contributed by atoms with Gasteiger partial charge in [0, 0.05) is 33.7 Å². The predicted octanol–water partition coefficient (Wildman–Crippen LogP) is 1.88. The van der Waals surface area contributed by atoms with E-state index >= 15 is 0 Å². The molecule has 2 aliphatic rings. The summed E-state index contributed by atoms with van der Waals surface area (Å²) in [6, 6.07) is 5.94. The van der Waals surface area contributed by atoms with Crippen LogP contribution in [-0.4, -0.2) is 46.3 Å². The Balaban J connectivity index is 1.43. The summed E-state index contributed by atoms with van der Waals surface area (Å²) in [5.74, 6) is 0.180. The summed E-state index contributed by atoms with van der Waals surface area (Å²) in [6.45, 7) is 0. The van der Waals surface area contributed by atoms with Gasteiger partial charge in [-0.05, 0) is 30.5 Å². The van der Waals surface area contributed by atoms with Gasteiger partial charge >= 0.3 is 6.03 Å². The van der Waals surface area contributed by atoms with Crippen LogP contribution in [-0.2, 0) is 4.79 Å². The summed E-state index contributed by atoms with van der Waals surface area (Å²) in [5.41, 5.74) is 7.95. The van der Waals surface area contributed by atoms with Crippen molar-refractivity contribution in [2.75, 3.05) is 5.75 Å². The van der Waals surface area contributed by atoms with E-state index in [0.717, 1.165) is 41.3 Å². The number of benzene rings is 1. The smallest absolute Gasteiger partial charge is 0.315 e. The van der Waals surface area contributed by atoms with Gasteiger partial charge < -0.3 is 21.4 Å². The summed E-state index contributed by atoms with van der Waals surface area (Å²) < 4.78 is 0. The number of urea groups is 1. The number of aromatic amines is 1. The molecule has 4 rings (SSSR count). The molecule has 0 bridgehead atoms. The molecule has 5 N–H and O–H groups in total. The number of carbonyl (C=O) groups is 3. The molecule has 0 radical (unpaired) electrons. The average Bonchev–Trinajstić information content (AvgIpc) is 3.32. The lowest BCUT2D eigenvalue weighted by Crippen LogP contribution is -2.36. The Kier molecular flexibility index (Phi) is 4.82. The molecule has 1 aromatic carbocycles. The largest absolute Gasteiger partial charge is 0.369 e. The van der Waals surface area contributed by atoms with Crippen molar-refractivity contribution in [2.24, 2.45) is 5.73 Å². The first-order valence-electron chi connectivity index (χ1n) is 9.11. The number of amides is 3. The van der Waals surface area contributed by atoms with Crippen LogP contribution in [0.3, 0.4) is 0 Å². The lowest BCUT2D eigenvalue weighted by molar-refractivity contribution is -0.119. The third kappa shape index (κ3) is 3.41. The van der Waals surface area contributed by atoms with Gasteiger partial charge in [0.1, 0.15) is 0 Å². The Labute approximate surface area is 160 Å². The van der Waals surface area contributed by atoms with E-state index in [1.54, 1.807) is 6.20 Å². The van der Waals surface area contributed by atoms with Crippen molar-refractivity contribution in [2.45, 2.75) is 42.5 Å². The quantitative estimate of drug-likeness (QED) is 0.429. The first-order chi connectivity index (χ1) is 13.1. The first-order valence-corrected chi connectivity index (χ1v) is 10.2. The molecule has 2 aliphatic heterocycles. The highest BCUT2D eigenvalue weighted by Crippen LogP contribution is 2.34. The molecular formula is C19H22N4O3S. The highest BCUT2D eigenvalue weighted by atomic mass is 32.2. The number of thioether (sulfide) groups is 1. The predicted molar refractivity (Wildman–Crippen MR) is 105 cm³/mol. The lowest BCUT2D eigenvalue weighted by Gasteiger charge is -2.19. The molecular weight excluding hydrogens is 364 g/mol. The summed E-state index contributed by atoms with van der Waals surface area (Å²) in [7, 11) is 0. The Hall–Kier alpha value is -2.48. The Morgan fingerprint density at radius 1 is 1.37 bits per heavy atom. The second-order valence-electron chi connectivity index (χ2n) is 7.17. The molecule has 1 aromatic heterocycles. The van der Waals surface area contributed by atoms with Crippen LogP contribution in [0.15, 0.2) is 24.4 Å². The van der Waals surface area contributed by atoms with E-state index < -0.39 is 0 Å². The van der Waals surface area contributed by atoms with E-state index in [-0.39, 0.29) is 29.9 Å². The van der Waals surface area contributed by atoms with Crippen molar-refractivity contribution in [1.82, 2.24) is 15.6 Å². The number of H-pyrrole nitrogens is 1. The number of hydrogen-bond donors (Lipinski definition) is 4. The van der Waals surface area contributed by atoms with E-state index in [4.69, 9.17) is 5.73 Å². The molecule has 0 saturated carbocycles. The monoisotopic (exact) mass is 386 g/mol. The van der Waals surface area contributed by atoms with Crippen LogP contribution < -0.4 is 16.4 Å². The molecule has 4 atom stereocenters. The molecule has 2 fully saturated rings. The van der Waals surface area contributed by atoms with Gasteiger partial charge in [0.25, 0.3) is 0 Å². The van der Waals surface area contributed by atoms with Gasteiger partial charge in [-0.3, -0.25) is 9.59 Å². The normalized spacial score (nSPS) is 25.0. The average molecular weight is 386 g/mol. The Bertz CT molecular complexity index is 896. The fourth-order valence-electron chi connectivity index (χ4n) is 4.11. The molecule has 8 heteroatoms. The fraction of sp³-hybridized carbons (Fsp3) is 0.421. The zero-order valence-electron chi connectivity index (χ0n) is 14.7. The number of nitrogens with two attached hydrogens (primary N) is 1. The highest BCUT2D eigenvalue weighted by Gasteiger charge is 2.42. The summed E-state index contributed by atoms with van der Waals surface area (Å²) in [5, 5.41) is 7.09. The summed E-state index contributed by atoms with van der Waals surface area (Å²) in [4.78, 5) is 37.8. The fourth-order valence-corrected chi connectivity index (χ4v) is 5.66. The van der Waals surface area contributed by atoms with Crippen molar-refractivity contribution in [1.29, 1.82) is 0 Å². The lowest BCUT2D eigenvalue weighted by atomic mass is 9.90. The molecule has 0 spiro atoms. The first kappa shape index (κ1) is 17.9. The second kappa shape index (κ2) is 7.26. The molecule has 3 amide bonds. The standard InChI is InChI=1S/C19H22N4O3S/c20-18(25)12(10-4-5-14-13(6-10)11(8-24)7-21-14)2-1-3-16-17-15(9-27-16)22-19(26)23-17/h4-8,12,15-17,21H,1-3,9H2,(H2,20,25)(H2,22,23,26)/t12?,15-,16-,17-/m0/s1. The zero-order valence-corrected chi connectivity index (χ0v) is 15.6. The summed E-state index contributed by atoms with van der Waals surface area (Å²) >= 11 is 1.86. The van der Waals surface area contributed by atoms with Gasteiger partial charge in [-0.2, -0.15) is 11.8 Å². The van der Waals surface area contributed by atoms with Crippen molar-refractivity contribution >= 4 is 40.9 Å². The maximum atomic E-state index is 12.1. The third-order valence-corrected chi connectivity index (χ3v) is 7.04. The van der Waals surface area contributed by atoms with Gasteiger partial charge in [-0.25, -0.2) is 4.79 Å². The molecule has 3 heterocycles. The second-order valence-corrected chi connectivity index (χ2v) is 8.45. The van der Waals surface area contributed by atoms with E-state index in [1.807, 2.05) is 30.0 Å². The summed E-state index contributed by atoms with van der Waals surface area (Å²) in [6.07, 6.45) is 4.88. The minimum Gasteiger partial charge on any atom is -0.369 e. The van der Waals surface area contributed by atoms with Crippen LogP contribution in [0.1, 0.15) is 41.1 Å². The topological polar surface area (TPSA) is 117 Å². The molecule has 0 aliphatic carbocycles. The van der Waals surface area contributed by atoms with Gasteiger partial charge in [-0.1, -0.05) is 12.5 Å². The van der Waals surface area contributed by atoms with Crippen molar-refractivity contribution < 1.29 is 14.4 Å². The van der Waals surface area contributed by atoms with Crippen LogP contribution in [0, 0.1) is 0 Å². The van der Waals surface area contributed by atoms with E-state index in [2.05, 4.69) is 15.6 Å². The molecule has 142 valence electrons. The van der Waals surface area contributed by atoms with E-state index in [9.17, 15) is 14.4 Å². The Morgan fingerprint density at radius 2 is 2.22 bits per heavy atom. The molecule has 27 heavy (non-hydrogen) atoms. The Morgan fingerprint density at radius 3 is 3.00 bits per heavy atom. The number of rotatable bonds is 7. The number of fused-ring (bicyclic) bond motifs is 2. The molecule has 1 unspecified atom stereocenters. The maximum absolute atomic E-state index is 12.1. The van der Waals surface area contributed by atoms with Crippen LogP contribution >= 0.6 is 11.8 Å². The number of aromatic nitrogens is 1. The van der Waals surface area contributed by atoms with Crippen molar-refractivity contribution in [3.63, 3.8) is 0 Å². The molecule has 7 nitrogen and oxygen atoms in total. The van der Waals surface area contributed by atoms with Crippen LogP contribution in [0.25, 0.3) is 10.9 Å². The van der Waals surface area contributed by atoms with Gasteiger partial charge in [0.15, 0.2) is 6.29 Å². The van der Waals surface area contributed by atoms with Crippen molar-refractivity contribution in [3.05, 3.63) is 35.5 Å². The van der Waals surface area contributed by atoms with Gasteiger partial charge in [0.05, 0.1) is 18.0 Å².